The van der Waals surface area contributed by atoms with Crippen molar-refractivity contribution in [3.05, 3.63) is 178 Å². The second-order valence-corrected chi connectivity index (χ2v) is 15.1. The first kappa shape index (κ1) is 33.5. The van der Waals surface area contributed by atoms with Crippen LogP contribution in [-0.4, -0.2) is 0 Å². The van der Waals surface area contributed by atoms with E-state index in [2.05, 4.69) is 200 Å². The molecule has 1 nitrogen and oxygen atoms in total. The van der Waals surface area contributed by atoms with Crippen molar-refractivity contribution in [2.24, 2.45) is 0 Å². The highest BCUT2D eigenvalue weighted by Gasteiger charge is 2.35. The molecule has 0 fully saturated rings. The van der Waals surface area contributed by atoms with Gasteiger partial charge < -0.3 is 4.90 Å². The Bertz CT molecular complexity index is 2590. The number of allylic oxidation sites excluding steroid dienone is 4. The fourth-order valence-electron chi connectivity index (χ4n) is 8.43. The quantitative estimate of drug-likeness (QED) is 0.159. The van der Waals surface area contributed by atoms with E-state index < -0.39 is 0 Å². The zero-order valence-corrected chi connectivity index (χ0v) is 31.7. The molecule has 0 bridgehead atoms. The molecule has 0 amide bonds. The average Bonchev–Trinajstić information content (AvgIpc) is 3.35. The average molecular weight is 674 g/mol. The molecule has 0 saturated heterocycles. The highest BCUT2D eigenvalue weighted by Crippen LogP contribution is 2.49. The molecule has 0 N–H and O–H groups in total. The summed E-state index contributed by atoms with van der Waals surface area (Å²) in [6.07, 6.45) is 4.43. The van der Waals surface area contributed by atoms with Crippen molar-refractivity contribution in [1.82, 2.24) is 0 Å². The molecule has 52 heavy (non-hydrogen) atoms. The summed E-state index contributed by atoms with van der Waals surface area (Å²) in [6.45, 7) is 18.1. The van der Waals surface area contributed by atoms with Crippen LogP contribution in [-0.2, 0) is 5.41 Å². The van der Waals surface area contributed by atoms with Gasteiger partial charge in [0.05, 0.1) is 0 Å². The van der Waals surface area contributed by atoms with Crippen molar-refractivity contribution in [3.8, 4) is 22.3 Å². The zero-order chi connectivity index (χ0) is 36.3. The standard InChI is InChI=1S/C51H47N/c1-9-14-44-36(6)51(7,8)50-31-41(26-28-47(44)50)52(40-25-27-46-45-18-13-12-17-43(45)34(4)35(5)49(46)30-40)39-23-21-37(22-24-39)38-20-19-33(3)48(29-38)42-16-11-10-15-32(42)2/h9-31H,1-8H3/b14-9-. The lowest BCUT2D eigenvalue weighted by Crippen LogP contribution is -2.17. The fraction of sp³-hybridized carbons (Fsp3) is 0.176. The third-order valence-corrected chi connectivity index (χ3v) is 11.9. The number of hydrogen-bond donors (Lipinski definition) is 0. The normalized spacial score (nSPS) is 13.8. The summed E-state index contributed by atoms with van der Waals surface area (Å²) < 4.78 is 0. The largest absolute Gasteiger partial charge is 0.310 e. The van der Waals surface area contributed by atoms with E-state index in [0.29, 0.717) is 0 Å². The first-order valence-electron chi connectivity index (χ1n) is 18.6. The predicted molar refractivity (Wildman–Crippen MR) is 226 cm³/mol. The monoisotopic (exact) mass is 673 g/mol. The molecular formula is C51H47N. The zero-order valence-electron chi connectivity index (χ0n) is 31.7. The molecule has 7 aromatic carbocycles. The van der Waals surface area contributed by atoms with Crippen LogP contribution in [0.3, 0.4) is 0 Å². The van der Waals surface area contributed by atoms with E-state index in [1.54, 1.807) is 0 Å². The predicted octanol–water partition coefficient (Wildman–Crippen LogP) is 14.7. The molecule has 256 valence electrons. The molecule has 1 aliphatic carbocycles. The van der Waals surface area contributed by atoms with E-state index in [9.17, 15) is 0 Å². The molecule has 0 unspecified atom stereocenters. The van der Waals surface area contributed by atoms with Crippen LogP contribution in [0.25, 0.3) is 49.4 Å². The smallest absolute Gasteiger partial charge is 0.0468 e. The summed E-state index contributed by atoms with van der Waals surface area (Å²) in [7, 11) is 0. The van der Waals surface area contributed by atoms with Crippen LogP contribution in [0.15, 0.2) is 145 Å². The van der Waals surface area contributed by atoms with Gasteiger partial charge in [0.1, 0.15) is 0 Å². The highest BCUT2D eigenvalue weighted by atomic mass is 15.1. The summed E-state index contributed by atoms with van der Waals surface area (Å²) in [5.41, 5.74) is 19.1. The van der Waals surface area contributed by atoms with Gasteiger partial charge in [-0.25, -0.2) is 0 Å². The molecule has 0 radical (unpaired) electrons. The van der Waals surface area contributed by atoms with Crippen LogP contribution in [0.2, 0.25) is 0 Å². The number of anilines is 3. The van der Waals surface area contributed by atoms with Gasteiger partial charge in [0.2, 0.25) is 0 Å². The maximum Gasteiger partial charge on any atom is 0.0468 e. The van der Waals surface area contributed by atoms with Crippen molar-refractivity contribution in [2.45, 2.75) is 60.8 Å². The molecule has 1 aliphatic rings. The summed E-state index contributed by atoms with van der Waals surface area (Å²) >= 11 is 0. The van der Waals surface area contributed by atoms with Crippen molar-refractivity contribution in [3.63, 3.8) is 0 Å². The molecule has 0 saturated carbocycles. The Labute approximate surface area is 309 Å². The topological polar surface area (TPSA) is 3.24 Å². The van der Waals surface area contributed by atoms with E-state index in [0.717, 1.165) is 11.4 Å². The van der Waals surface area contributed by atoms with Crippen LogP contribution in [0.1, 0.15) is 61.1 Å². The van der Waals surface area contributed by atoms with Crippen LogP contribution in [0.4, 0.5) is 17.1 Å². The second-order valence-electron chi connectivity index (χ2n) is 15.1. The summed E-state index contributed by atoms with van der Waals surface area (Å²) in [5, 5.41) is 5.24. The van der Waals surface area contributed by atoms with Crippen molar-refractivity contribution in [1.29, 1.82) is 0 Å². The Morgan fingerprint density at radius 2 is 1.08 bits per heavy atom. The van der Waals surface area contributed by atoms with Gasteiger partial charge in [-0.05, 0) is 167 Å². The van der Waals surface area contributed by atoms with Crippen LogP contribution >= 0.6 is 0 Å². The number of nitrogens with zero attached hydrogens (tertiary/aromatic N) is 1. The first-order valence-corrected chi connectivity index (χ1v) is 18.6. The SMILES string of the molecule is C/C=C\C1=C(C)C(C)(C)c2cc(N(c3ccc(-c4ccc(C)c(-c5ccccc5C)c4)cc3)c3ccc4c(c3)c(C)c(C)c3ccccc34)ccc21. The molecule has 0 atom stereocenters. The Hall–Kier alpha value is -5.66. The van der Waals surface area contributed by atoms with E-state index in [1.807, 2.05) is 0 Å². The number of hydrogen-bond acceptors (Lipinski definition) is 1. The van der Waals surface area contributed by atoms with Crippen molar-refractivity contribution in [2.75, 3.05) is 4.90 Å². The molecule has 0 aliphatic heterocycles. The van der Waals surface area contributed by atoms with Crippen LogP contribution in [0, 0.1) is 27.7 Å². The van der Waals surface area contributed by atoms with Gasteiger partial charge in [-0.2, -0.15) is 0 Å². The molecular weight excluding hydrogens is 627 g/mol. The third-order valence-electron chi connectivity index (χ3n) is 11.9. The van der Waals surface area contributed by atoms with Gasteiger partial charge in [-0.15, -0.1) is 0 Å². The number of benzene rings is 7. The fourth-order valence-corrected chi connectivity index (χ4v) is 8.43. The van der Waals surface area contributed by atoms with Crippen molar-refractivity contribution < 1.29 is 0 Å². The number of fused-ring (bicyclic) bond motifs is 4. The molecule has 0 aromatic heterocycles. The maximum absolute atomic E-state index is 2.44. The Morgan fingerprint density at radius 1 is 0.481 bits per heavy atom. The Kier molecular flexibility index (Phi) is 8.26. The maximum atomic E-state index is 2.44. The van der Waals surface area contributed by atoms with Gasteiger partial charge in [-0.1, -0.05) is 117 Å². The van der Waals surface area contributed by atoms with Gasteiger partial charge in [-0.3, -0.25) is 0 Å². The van der Waals surface area contributed by atoms with E-state index in [1.165, 1.54) is 94.0 Å². The molecule has 8 rings (SSSR count). The molecule has 7 aromatic rings. The lowest BCUT2D eigenvalue weighted by atomic mass is 9.82. The summed E-state index contributed by atoms with van der Waals surface area (Å²) in [6, 6.07) is 47.6. The minimum atomic E-state index is -0.0635. The van der Waals surface area contributed by atoms with Crippen molar-refractivity contribution >= 4 is 44.2 Å². The minimum Gasteiger partial charge on any atom is -0.310 e. The first-order chi connectivity index (χ1) is 25.1. The molecule has 1 heteroatoms. The van der Waals surface area contributed by atoms with Gasteiger partial charge in [0, 0.05) is 22.5 Å². The molecule has 0 spiro atoms. The second kappa shape index (κ2) is 12.8. The van der Waals surface area contributed by atoms with E-state index in [4.69, 9.17) is 0 Å². The van der Waals surface area contributed by atoms with E-state index >= 15 is 0 Å². The number of aryl methyl sites for hydroxylation is 4. The third kappa shape index (κ3) is 5.39. The highest BCUT2D eigenvalue weighted by molar-refractivity contribution is 6.11. The van der Waals surface area contributed by atoms with Crippen LogP contribution < -0.4 is 4.90 Å². The molecule has 0 heterocycles. The summed E-state index contributed by atoms with van der Waals surface area (Å²) in [5.74, 6) is 0. The minimum absolute atomic E-state index is 0.0635. The van der Waals surface area contributed by atoms with Gasteiger partial charge >= 0.3 is 0 Å². The van der Waals surface area contributed by atoms with E-state index in [-0.39, 0.29) is 5.41 Å². The Balaban J connectivity index is 1.28. The van der Waals surface area contributed by atoms with Gasteiger partial charge in [0.25, 0.3) is 0 Å². The summed E-state index contributed by atoms with van der Waals surface area (Å²) in [4.78, 5) is 2.44. The lowest BCUT2D eigenvalue weighted by Gasteiger charge is -2.29. The van der Waals surface area contributed by atoms with Crippen LogP contribution in [0.5, 0.6) is 0 Å². The van der Waals surface area contributed by atoms with Gasteiger partial charge in [0.15, 0.2) is 0 Å². The number of rotatable bonds is 6. The Morgan fingerprint density at radius 3 is 1.83 bits per heavy atom. The lowest BCUT2D eigenvalue weighted by molar-refractivity contribution is 0.639.